The van der Waals surface area contributed by atoms with Gasteiger partial charge in [0.2, 0.25) is 0 Å². The van der Waals surface area contributed by atoms with Crippen molar-refractivity contribution in [1.82, 2.24) is 19.7 Å². The van der Waals surface area contributed by atoms with Crippen molar-refractivity contribution in [3.63, 3.8) is 0 Å². The van der Waals surface area contributed by atoms with Crippen LogP contribution in [0.4, 0.5) is 10.1 Å². The van der Waals surface area contributed by atoms with Crippen molar-refractivity contribution < 1.29 is 22.3 Å². The van der Waals surface area contributed by atoms with Gasteiger partial charge in [-0.1, -0.05) is 24.3 Å². The number of hydrogen-bond acceptors (Lipinski definition) is 7. The van der Waals surface area contributed by atoms with Gasteiger partial charge in [-0.3, -0.25) is 4.79 Å². The normalized spacial score (nSPS) is 18.8. The van der Waals surface area contributed by atoms with Crippen molar-refractivity contribution in [3.8, 4) is 17.0 Å². The summed E-state index contributed by atoms with van der Waals surface area (Å²) in [7, 11) is -1.57. The van der Waals surface area contributed by atoms with Gasteiger partial charge in [-0.05, 0) is 43.7 Å². The minimum absolute atomic E-state index is 0.00439. The molecule has 0 saturated carbocycles. The number of amides is 1. The maximum Gasteiger partial charge on any atom is 0.254 e. The first-order valence-electron chi connectivity index (χ1n) is 13.3. The molecule has 208 valence electrons. The molecular weight excluding hydrogens is 533 g/mol. The third-order valence-electron chi connectivity index (χ3n) is 7.75. The van der Waals surface area contributed by atoms with E-state index in [1.54, 1.807) is 41.0 Å². The van der Waals surface area contributed by atoms with Crippen LogP contribution in [0.3, 0.4) is 0 Å². The van der Waals surface area contributed by atoms with Crippen LogP contribution in [-0.4, -0.2) is 78.8 Å². The van der Waals surface area contributed by atoms with Crippen molar-refractivity contribution in [2.24, 2.45) is 0 Å². The van der Waals surface area contributed by atoms with Gasteiger partial charge in [-0.25, -0.2) is 22.5 Å². The van der Waals surface area contributed by atoms with E-state index in [9.17, 15) is 17.6 Å². The van der Waals surface area contributed by atoms with Crippen molar-refractivity contribution in [1.29, 1.82) is 0 Å². The lowest BCUT2D eigenvalue weighted by molar-refractivity contribution is 0.0748. The zero-order valence-corrected chi connectivity index (χ0v) is 23.2. The van der Waals surface area contributed by atoms with Gasteiger partial charge < -0.3 is 14.5 Å². The van der Waals surface area contributed by atoms with Gasteiger partial charge in [0.1, 0.15) is 11.6 Å². The molecule has 9 nitrogen and oxygen atoms in total. The molecule has 0 spiro atoms. The van der Waals surface area contributed by atoms with Crippen LogP contribution in [0, 0.1) is 12.7 Å². The van der Waals surface area contributed by atoms with Crippen molar-refractivity contribution >= 4 is 32.5 Å². The maximum atomic E-state index is 14.4. The second-order valence-corrected chi connectivity index (χ2v) is 12.5. The van der Waals surface area contributed by atoms with E-state index in [0.717, 1.165) is 5.56 Å². The zero-order chi connectivity index (χ0) is 28.0. The Bertz CT molecular complexity index is 1710. The number of carbonyl (C=O) groups excluding carboxylic acids is 1. The van der Waals surface area contributed by atoms with Gasteiger partial charge in [0, 0.05) is 31.7 Å². The molecule has 2 aromatic carbocycles. The minimum Gasteiger partial charge on any atom is -0.497 e. The van der Waals surface area contributed by atoms with Crippen LogP contribution in [0.1, 0.15) is 28.5 Å². The van der Waals surface area contributed by atoms with E-state index in [-0.39, 0.29) is 29.3 Å². The molecule has 1 amide bonds. The number of anilines is 1. The van der Waals surface area contributed by atoms with Crippen LogP contribution in [0.2, 0.25) is 0 Å². The van der Waals surface area contributed by atoms with E-state index in [1.807, 2.05) is 36.1 Å². The average Bonchev–Trinajstić information content (AvgIpc) is 3.50. The molecule has 1 atom stereocenters. The van der Waals surface area contributed by atoms with Crippen LogP contribution in [0.25, 0.3) is 22.3 Å². The third kappa shape index (κ3) is 4.78. The summed E-state index contributed by atoms with van der Waals surface area (Å²) in [6.07, 6.45) is 0.449. The Morgan fingerprint density at radius 2 is 1.82 bits per heavy atom. The monoisotopic (exact) mass is 563 g/mol. The van der Waals surface area contributed by atoms with Crippen LogP contribution >= 0.6 is 0 Å². The molecule has 2 aromatic heterocycles. The molecule has 4 aromatic rings. The average molecular weight is 564 g/mol. The Balaban J connectivity index is 1.40. The molecule has 1 unspecified atom stereocenters. The van der Waals surface area contributed by atoms with E-state index >= 15 is 0 Å². The van der Waals surface area contributed by atoms with E-state index in [0.29, 0.717) is 72.0 Å². The van der Waals surface area contributed by atoms with Gasteiger partial charge in [0.15, 0.2) is 15.5 Å². The predicted octanol–water partition coefficient (Wildman–Crippen LogP) is 3.88. The number of fused-ring (bicyclic) bond motifs is 1. The van der Waals surface area contributed by atoms with Crippen LogP contribution in [0.15, 0.2) is 54.6 Å². The first-order valence-corrected chi connectivity index (χ1v) is 15.1. The number of halogens is 1. The summed E-state index contributed by atoms with van der Waals surface area (Å²) in [6, 6.07) is 15.5. The van der Waals surface area contributed by atoms with Gasteiger partial charge >= 0.3 is 0 Å². The Morgan fingerprint density at radius 1 is 1.05 bits per heavy atom. The number of aromatic nitrogens is 3. The number of nitrogens with zero attached hydrogens (tertiary/aromatic N) is 5. The van der Waals surface area contributed by atoms with Gasteiger partial charge in [0.25, 0.3) is 5.91 Å². The van der Waals surface area contributed by atoms with Crippen LogP contribution in [0.5, 0.6) is 5.75 Å². The summed E-state index contributed by atoms with van der Waals surface area (Å²) >= 11 is 0. The van der Waals surface area contributed by atoms with Crippen molar-refractivity contribution in [3.05, 3.63) is 71.7 Å². The quantitative estimate of drug-likeness (QED) is 0.364. The number of benzene rings is 2. The summed E-state index contributed by atoms with van der Waals surface area (Å²) in [4.78, 5) is 22.7. The molecule has 0 bridgehead atoms. The van der Waals surface area contributed by atoms with Crippen molar-refractivity contribution in [2.45, 2.75) is 19.4 Å². The molecule has 40 heavy (non-hydrogen) atoms. The van der Waals surface area contributed by atoms with Gasteiger partial charge in [-0.2, -0.15) is 5.10 Å². The SMILES string of the molecule is COc1cccc(-c2cc(C(=O)N3CCN(c4ccccc4F)CC3)c3c(C)nn(C4CCS(=O)(=O)C4)c3n2)c1. The fourth-order valence-corrected chi connectivity index (χ4v) is 7.36. The van der Waals surface area contributed by atoms with E-state index in [2.05, 4.69) is 0 Å². The highest BCUT2D eigenvalue weighted by Gasteiger charge is 2.33. The molecule has 0 N–H and O–H groups in total. The molecule has 2 aliphatic heterocycles. The fourth-order valence-electron chi connectivity index (χ4n) is 5.66. The Hall–Kier alpha value is -3.99. The highest BCUT2D eigenvalue weighted by Crippen LogP contribution is 2.33. The number of ether oxygens (including phenoxy) is 1. The first-order chi connectivity index (χ1) is 19.2. The van der Waals surface area contributed by atoms with E-state index in [4.69, 9.17) is 14.8 Å². The lowest BCUT2D eigenvalue weighted by atomic mass is 10.0. The fraction of sp³-hybridized carbons (Fsp3) is 0.345. The molecule has 4 heterocycles. The molecule has 0 aliphatic carbocycles. The molecule has 6 rings (SSSR count). The summed E-state index contributed by atoms with van der Waals surface area (Å²) in [5, 5.41) is 5.32. The number of hydrogen-bond donors (Lipinski definition) is 0. The van der Waals surface area contributed by atoms with Crippen molar-refractivity contribution in [2.75, 3.05) is 49.7 Å². The number of methoxy groups -OCH3 is 1. The third-order valence-corrected chi connectivity index (χ3v) is 9.50. The lowest BCUT2D eigenvalue weighted by Crippen LogP contribution is -2.49. The number of piperazine rings is 1. The molecule has 2 saturated heterocycles. The van der Waals surface area contributed by atoms with Crippen LogP contribution in [-0.2, 0) is 9.84 Å². The number of aryl methyl sites for hydroxylation is 1. The number of pyridine rings is 1. The lowest BCUT2D eigenvalue weighted by Gasteiger charge is -2.36. The molecule has 11 heteroatoms. The van der Waals surface area contributed by atoms with E-state index in [1.165, 1.54) is 6.07 Å². The Labute approximate surface area is 232 Å². The highest BCUT2D eigenvalue weighted by atomic mass is 32.2. The predicted molar refractivity (Wildman–Crippen MR) is 151 cm³/mol. The van der Waals surface area contributed by atoms with Crippen LogP contribution < -0.4 is 9.64 Å². The largest absolute Gasteiger partial charge is 0.497 e. The number of para-hydroxylation sites is 1. The second-order valence-electron chi connectivity index (χ2n) is 10.3. The summed E-state index contributed by atoms with van der Waals surface area (Å²) < 4.78 is 46.0. The number of rotatable bonds is 5. The smallest absolute Gasteiger partial charge is 0.254 e. The molecule has 2 fully saturated rings. The molecular formula is C29H30FN5O4S. The first kappa shape index (κ1) is 26.2. The Morgan fingerprint density at radius 3 is 2.52 bits per heavy atom. The van der Waals surface area contributed by atoms with E-state index < -0.39 is 9.84 Å². The highest BCUT2D eigenvalue weighted by molar-refractivity contribution is 7.91. The number of sulfone groups is 1. The molecule has 2 aliphatic rings. The minimum atomic E-state index is -3.16. The standard InChI is InChI=1S/C29H30FN5O4S/c1-19-27-23(29(36)34-13-11-33(12-14-34)26-9-4-3-8-24(26)30)17-25(20-6-5-7-22(16-20)39-2)31-28(27)35(32-19)21-10-15-40(37,38)18-21/h3-9,16-17,21H,10-15,18H2,1-2H3. The maximum absolute atomic E-state index is 14.4. The zero-order valence-electron chi connectivity index (χ0n) is 22.4. The van der Waals surface area contributed by atoms with Gasteiger partial charge in [0.05, 0.1) is 52.7 Å². The second kappa shape index (κ2) is 10.2. The molecule has 0 radical (unpaired) electrons. The number of carbonyl (C=O) groups is 1. The topological polar surface area (TPSA) is 97.6 Å². The summed E-state index contributed by atoms with van der Waals surface area (Å²) in [5.74, 6) is 0.314. The Kier molecular flexibility index (Phi) is 6.69. The summed E-state index contributed by atoms with van der Waals surface area (Å²) in [6.45, 7) is 3.69. The van der Waals surface area contributed by atoms with Gasteiger partial charge in [-0.15, -0.1) is 0 Å². The summed E-state index contributed by atoms with van der Waals surface area (Å²) in [5.41, 5.74) is 3.45.